The van der Waals surface area contributed by atoms with Gasteiger partial charge in [0, 0.05) is 23.5 Å². The second-order valence-corrected chi connectivity index (χ2v) is 5.80. The number of nitrogens with zero attached hydrogens (tertiary/aromatic N) is 1. The molecule has 1 amide bonds. The summed E-state index contributed by atoms with van der Waals surface area (Å²) in [4.78, 5) is 14.3. The van der Waals surface area contributed by atoms with Gasteiger partial charge in [0.2, 0.25) is 0 Å². The normalized spacial score (nSPS) is 10.7. The van der Waals surface area contributed by atoms with Crippen molar-refractivity contribution in [3.05, 3.63) is 29.8 Å². The second-order valence-electron chi connectivity index (χ2n) is 5.01. The van der Waals surface area contributed by atoms with Gasteiger partial charge in [-0.25, -0.2) is 0 Å². The summed E-state index contributed by atoms with van der Waals surface area (Å²) >= 11 is 3.39. The monoisotopic (exact) mass is 341 g/mol. The Balaban J connectivity index is 2.68. The van der Waals surface area contributed by atoms with E-state index in [2.05, 4.69) is 22.9 Å². The number of amides is 1. The van der Waals surface area contributed by atoms with Crippen molar-refractivity contribution in [3.8, 4) is 5.75 Å². The lowest BCUT2D eigenvalue weighted by molar-refractivity contribution is 0.0719. The molecule has 1 aromatic carbocycles. The zero-order valence-electron chi connectivity index (χ0n) is 12.6. The van der Waals surface area contributed by atoms with Crippen molar-refractivity contribution in [2.75, 3.05) is 18.5 Å². The van der Waals surface area contributed by atoms with Crippen LogP contribution in [0.5, 0.6) is 5.75 Å². The van der Waals surface area contributed by atoms with Gasteiger partial charge in [0.25, 0.3) is 5.91 Å². The minimum Gasteiger partial charge on any atom is -0.494 e. The largest absolute Gasteiger partial charge is 0.494 e. The van der Waals surface area contributed by atoms with Crippen LogP contribution in [0.3, 0.4) is 0 Å². The molecule has 0 aliphatic carbocycles. The number of unbranched alkanes of at least 4 members (excludes halogenated alkanes) is 1. The minimum absolute atomic E-state index is 0.0690. The van der Waals surface area contributed by atoms with Crippen molar-refractivity contribution >= 4 is 21.8 Å². The summed E-state index contributed by atoms with van der Waals surface area (Å²) in [5.41, 5.74) is 0.711. The summed E-state index contributed by atoms with van der Waals surface area (Å²) in [5.74, 6) is 0.895. The maximum absolute atomic E-state index is 12.4. The highest BCUT2D eigenvalue weighted by Crippen LogP contribution is 2.15. The van der Waals surface area contributed by atoms with Crippen LogP contribution in [0.4, 0.5) is 0 Å². The first-order chi connectivity index (χ1) is 9.60. The molecule has 0 saturated heterocycles. The summed E-state index contributed by atoms with van der Waals surface area (Å²) in [6, 6.07) is 7.62. The number of hydrogen-bond acceptors (Lipinski definition) is 2. The number of hydrogen-bond donors (Lipinski definition) is 0. The van der Waals surface area contributed by atoms with Crippen LogP contribution in [0, 0.1) is 0 Å². The van der Waals surface area contributed by atoms with Gasteiger partial charge in [-0.3, -0.25) is 4.79 Å². The molecule has 0 bridgehead atoms. The average molecular weight is 342 g/mol. The first kappa shape index (κ1) is 17.0. The third-order valence-electron chi connectivity index (χ3n) is 3.08. The minimum atomic E-state index is 0.0690. The molecule has 0 unspecified atom stereocenters. The number of ether oxygens (including phenoxy) is 1. The molecule has 0 atom stereocenters. The van der Waals surface area contributed by atoms with Gasteiger partial charge in [-0.15, -0.1) is 0 Å². The highest BCUT2D eigenvalue weighted by Gasteiger charge is 2.17. The Bertz CT molecular complexity index is 403. The average Bonchev–Trinajstić information content (AvgIpc) is 2.45. The van der Waals surface area contributed by atoms with Crippen LogP contribution in [0.15, 0.2) is 24.3 Å². The highest BCUT2D eigenvalue weighted by atomic mass is 79.9. The van der Waals surface area contributed by atoms with Crippen LogP contribution >= 0.6 is 15.9 Å². The summed E-state index contributed by atoms with van der Waals surface area (Å²) in [7, 11) is 0. The van der Waals surface area contributed by atoms with Gasteiger partial charge in [-0.1, -0.05) is 29.3 Å². The molecule has 0 aliphatic rings. The van der Waals surface area contributed by atoms with Crippen molar-refractivity contribution in [2.45, 2.75) is 39.7 Å². The fourth-order valence-electron chi connectivity index (χ4n) is 1.88. The molecule has 20 heavy (non-hydrogen) atoms. The number of rotatable bonds is 8. The van der Waals surface area contributed by atoms with E-state index in [-0.39, 0.29) is 11.9 Å². The van der Waals surface area contributed by atoms with Gasteiger partial charge < -0.3 is 9.64 Å². The Morgan fingerprint density at radius 1 is 1.30 bits per heavy atom. The number of benzene rings is 1. The summed E-state index contributed by atoms with van der Waals surface area (Å²) < 4.78 is 5.60. The molecule has 0 saturated carbocycles. The summed E-state index contributed by atoms with van der Waals surface area (Å²) in [6.45, 7) is 7.64. The van der Waals surface area contributed by atoms with Crippen LogP contribution in [0.1, 0.15) is 44.0 Å². The molecule has 0 aromatic heterocycles. The first-order valence-corrected chi connectivity index (χ1v) is 8.32. The molecule has 0 N–H and O–H groups in total. The Kier molecular flexibility index (Phi) is 7.67. The molecular weight excluding hydrogens is 318 g/mol. The maximum atomic E-state index is 12.4. The molecular formula is C16H24BrNO2. The zero-order valence-corrected chi connectivity index (χ0v) is 14.1. The molecule has 0 radical (unpaired) electrons. The van der Waals surface area contributed by atoms with Gasteiger partial charge >= 0.3 is 0 Å². The van der Waals surface area contributed by atoms with E-state index in [9.17, 15) is 4.79 Å². The van der Waals surface area contributed by atoms with E-state index in [1.807, 2.05) is 43.0 Å². The van der Waals surface area contributed by atoms with Crippen LogP contribution in [0.25, 0.3) is 0 Å². The van der Waals surface area contributed by atoms with Gasteiger partial charge in [0.15, 0.2) is 0 Å². The van der Waals surface area contributed by atoms with Crippen molar-refractivity contribution in [2.24, 2.45) is 0 Å². The van der Waals surface area contributed by atoms with E-state index in [0.29, 0.717) is 12.1 Å². The van der Waals surface area contributed by atoms with E-state index in [1.165, 1.54) is 0 Å². The Morgan fingerprint density at radius 2 is 1.95 bits per heavy atom. The molecule has 3 nitrogen and oxygen atoms in total. The number of carbonyl (C=O) groups excluding carboxylic acids is 1. The van der Waals surface area contributed by atoms with Gasteiger partial charge in [0.05, 0.1) is 6.61 Å². The molecule has 0 aliphatic heterocycles. The van der Waals surface area contributed by atoms with Gasteiger partial charge in [-0.05, 0) is 44.5 Å². The fourth-order valence-corrected chi connectivity index (χ4v) is 2.26. The number of alkyl halides is 1. The Hall–Kier alpha value is -1.03. The third kappa shape index (κ3) is 5.16. The first-order valence-electron chi connectivity index (χ1n) is 7.20. The molecule has 1 rings (SSSR count). The second kappa shape index (κ2) is 9.01. The van der Waals surface area contributed by atoms with Crippen LogP contribution in [0.2, 0.25) is 0 Å². The van der Waals surface area contributed by atoms with Crippen molar-refractivity contribution < 1.29 is 9.53 Å². The molecule has 0 spiro atoms. The van der Waals surface area contributed by atoms with Crippen molar-refractivity contribution in [1.29, 1.82) is 0 Å². The maximum Gasteiger partial charge on any atom is 0.254 e. The van der Waals surface area contributed by atoms with Gasteiger partial charge in [-0.2, -0.15) is 0 Å². The lowest BCUT2D eigenvalue weighted by Gasteiger charge is -2.26. The van der Waals surface area contributed by atoms with Crippen LogP contribution in [-0.4, -0.2) is 35.3 Å². The van der Waals surface area contributed by atoms with Gasteiger partial charge in [0.1, 0.15) is 5.75 Å². The van der Waals surface area contributed by atoms with E-state index in [4.69, 9.17) is 4.74 Å². The fraction of sp³-hybridized carbons (Fsp3) is 0.562. The standard InChI is InChI=1S/C16H24BrNO2/c1-4-5-12-20-15-8-6-14(7-9-15)16(19)18(11-10-17)13(2)3/h6-9,13H,4-5,10-12H2,1-3H3. The molecule has 112 valence electrons. The predicted octanol–water partition coefficient (Wildman–Crippen LogP) is 4.11. The van der Waals surface area contributed by atoms with E-state index in [0.717, 1.165) is 30.5 Å². The molecule has 0 heterocycles. The third-order valence-corrected chi connectivity index (χ3v) is 3.43. The van der Waals surface area contributed by atoms with E-state index in [1.54, 1.807) is 0 Å². The molecule has 1 aromatic rings. The predicted molar refractivity (Wildman–Crippen MR) is 86.8 cm³/mol. The highest BCUT2D eigenvalue weighted by molar-refractivity contribution is 9.09. The SMILES string of the molecule is CCCCOc1ccc(C(=O)N(CCBr)C(C)C)cc1. The van der Waals surface area contributed by atoms with E-state index < -0.39 is 0 Å². The molecule has 0 fully saturated rings. The zero-order chi connectivity index (χ0) is 15.0. The number of carbonyl (C=O) groups is 1. The molecule has 4 heteroatoms. The van der Waals surface area contributed by atoms with Crippen LogP contribution < -0.4 is 4.74 Å². The lowest BCUT2D eigenvalue weighted by atomic mass is 10.1. The lowest BCUT2D eigenvalue weighted by Crippen LogP contribution is -2.38. The van der Waals surface area contributed by atoms with E-state index >= 15 is 0 Å². The summed E-state index contributed by atoms with van der Waals surface area (Å²) in [5, 5.41) is 0.787. The summed E-state index contributed by atoms with van der Waals surface area (Å²) in [6.07, 6.45) is 2.17. The Morgan fingerprint density at radius 3 is 2.45 bits per heavy atom. The Labute approximate surface area is 130 Å². The number of halogens is 1. The van der Waals surface area contributed by atoms with Crippen molar-refractivity contribution in [3.63, 3.8) is 0 Å². The smallest absolute Gasteiger partial charge is 0.254 e. The topological polar surface area (TPSA) is 29.5 Å². The van der Waals surface area contributed by atoms with Crippen molar-refractivity contribution in [1.82, 2.24) is 4.90 Å². The quantitative estimate of drug-likeness (QED) is 0.526. The van der Waals surface area contributed by atoms with Crippen LogP contribution in [-0.2, 0) is 0 Å².